The molecule has 21 heavy (non-hydrogen) atoms. The minimum atomic E-state index is -0.312. The highest BCUT2D eigenvalue weighted by molar-refractivity contribution is 8.12. The van der Waals surface area contributed by atoms with Crippen molar-refractivity contribution < 1.29 is 19.1 Å². The Labute approximate surface area is 128 Å². The molecule has 1 aromatic carbocycles. The van der Waals surface area contributed by atoms with E-state index in [-0.39, 0.29) is 24.1 Å². The zero-order valence-electron chi connectivity index (χ0n) is 12.0. The lowest BCUT2D eigenvalue weighted by Gasteiger charge is -2.30. The SMILES string of the molecule is CSC(=O)OC1CCN(C(=O)OCc2ccccc2)CC1. The monoisotopic (exact) mass is 309 g/mol. The average Bonchev–Trinajstić information content (AvgIpc) is 2.54. The number of rotatable bonds is 3. The van der Waals surface area contributed by atoms with E-state index in [1.54, 1.807) is 11.2 Å². The van der Waals surface area contributed by atoms with Gasteiger partial charge in [-0.1, -0.05) is 30.3 Å². The lowest BCUT2D eigenvalue weighted by molar-refractivity contribution is 0.0496. The van der Waals surface area contributed by atoms with Crippen LogP contribution in [0.4, 0.5) is 9.59 Å². The Hall–Kier alpha value is -1.69. The van der Waals surface area contributed by atoms with Crippen LogP contribution in [0.1, 0.15) is 18.4 Å². The molecule has 0 bridgehead atoms. The van der Waals surface area contributed by atoms with Crippen molar-refractivity contribution >= 4 is 23.2 Å². The third-order valence-electron chi connectivity index (χ3n) is 3.33. The Kier molecular flexibility index (Phi) is 5.92. The fourth-order valence-electron chi connectivity index (χ4n) is 2.15. The lowest BCUT2D eigenvalue weighted by atomic mass is 10.1. The van der Waals surface area contributed by atoms with Crippen LogP contribution in [-0.2, 0) is 16.1 Å². The zero-order chi connectivity index (χ0) is 15.1. The Bertz CT molecular complexity index is 472. The maximum Gasteiger partial charge on any atom is 0.410 e. The number of thioether (sulfide) groups is 1. The van der Waals surface area contributed by atoms with Crippen LogP contribution < -0.4 is 0 Å². The van der Waals surface area contributed by atoms with Gasteiger partial charge in [-0.3, -0.25) is 0 Å². The molecule has 0 aliphatic carbocycles. The van der Waals surface area contributed by atoms with Crippen molar-refractivity contribution in [2.75, 3.05) is 19.3 Å². The minimum absolute atomic E-state index is 0.0943. The minimum Gasteiger partial charge on any atom is -0.454 e. The summed E-state index contributed by atoms with van der Waals surface area (Å²) >= 11 is 1.06. The van der Waals surface area contributed by atoms with E-state index in [0.717, 1.165) is 17.3 Å². The molecule has 1 aromatic rings. The molecule has 0 aromatic heterocycles. The van der Waals surface area contributed by atoms with E-state index in [0.29, 0.717) is 25.9 Å². The molecule has 5 nitrogen and oxygen atoms in total. The van der Waals surface area contributed by atoms with Crippen molar-refractivity contribution in [3.8, 4) is 0 Å². The first-order valence-corrected chi connectivity index (χ1v) is 8.11. The van der Waals surface area contributed by atoms with Crippen molar-refractivity contribution in [3.63, 3.8) is 0 Å². The van der Waals surface area contributed by atoms with Gasteiger partial charge in [0.25, 0.3) is 0 Å². The Morgan fingerprint density at radius 2 is 1.90 bits per heavy atom. The van der Waals surface area contributed by atoms with Gasteiger partial charge in [-0.2, -0.15) is 0 Å². The molecule has 2 rings (SSSR count). The van der Waals surface area contributed by atoms with Gasteiger partial charge in [-0.05, 0) is 23.6 Å². The average molecular weight is 309 g/mol. The predicted molar refractivity (Wildman–Crippen MR) is 81.2 cm³/mol. The zero-order valence-corrected chi connectivity index (χ0v) is 12.8. The molecule has 0 atom stereocenters. The summed E-state index contributed by atoms with van der Waals surface area (Å²) in [6.45, 7) is 1.39. The number of ether oxygens (including phenoxy) is 2. The molecule has 1 saturated heterocycles. The Balaban J connectivity index is 1.72. The summed E-state index contributed by atoms with van der Waals surface area (Å²) in [6, 6.07) is 9.58. The first kappa shape index (κ1) is 15.7. The highest BCUT2D eigenvalue weighted by atomic mass is 32.2. The quantitative estimate of drug-likeness (QED) is 0.802. The van der Waals surface area contributed by atoms with Gasteiger partial charge >= 0.3 is 11.4 Å². The molecular weight excluding hydrogens is 290 g/mol. The van der Waals surface area contributed by atoms with E-state index in [4.69, 9.17) is 9.47 Å². The van der Waals surface area contributed by atoms with Crippen LogP contribution >= 0.6 is 11.8 Å². The maximum atomic E-state index is 11.9. The Morgan fingerprint density at radius 1 is 1.24 bits per heavy atom. The number of carbonyl (C=O) groups excluding carboxylic acids is 2. The van der Waals surface area contributed by atoms with Gasteiger partial charge in [-0.15, -0.1) is 0 Å². The van der Waals surface area contributed by atoms with E-state index >= 15 is 0 Å². The smallest absolute Gasteiger partial charge is 0.410 e. The molecule has 1 fully saturated rings. The fourth-order valence-corrected chi connectivity index (χ4v) is 2.38. The number of carbonyl (C=O) groups is 2. The third kappa shape index (κ3) is 4.97. The second-order valence-corrected chi connectivity index (χ2v) is 5.54. The van der Waals surface area contributed by atoms with Gasteiger partial charge in [0, 0.05) is 25.9 Å². The number of benzene rings is 1. The molecule has 114 valence electrons. The van der Waals surface area contributed by atoms with Crippen LogP contribution in [0, 0.1) is 0 Å². The summed E-state index contributed by atoms with van der Waals surface area (Å²) in [5, 5.41) is -0.264. The summed E-state index contributed by atoms with van der Waals surface area (Å²) in [5.74, 6) is 0. The van der Waals surface area contributed by atoms with E-state index in [9.17, 15) is 9.59 Å². The molecule has 0 unspecified atom stereocenters. The summed E-state index contributed by atoms with van der Waals surface area (Å²) < 4.78 is 10.5. The standard InChI is InChI=1S/C15H19NO4S/c1-21-15(18)20-13-7-9-16(10-8-13)14(17)19-11-12-5-3-2-4-6-12/h2-6,13H,7-11H2,1H3. The number of amides is 1. The first-order chi connectivity index (χ1) is 10.2. The highest BCUT2D eigenvalue weighted by Gasteiger charge is 2.25. The van der Waals surface area contributed by atoms with Gasteiger partial charge in [0.1, 0.15) is 12.7 Å². The number of nitrogens with zero attached hydrogens (tertiary/aromatic N) is 1. The van der Waals surface area contributed by atoms with Crippen LogP contribution in [0.5, 0.6) is 0 Å². The number of piperidine rings is 1. The number of likely N-dealkylation sites (tertiary alicyclic amines) is 1. The van der Waals surface area contributed by atoms with Crippen LogP contribution in [-0.4, -0.2) is 41.7 Å². The van der Waals surface area contributed by atoms with Gasteiger partial charge in [0.05, 0.1) is 0 Å². The highest BCUT2D eigenvalue weighted by Crippen LogP contribution is 2.17. The second kappa shape index (κ2) is 7.93. The molecular formula is C15H19NO4S. The first-order valence-electron chi connectivity index (χ1n) is 6.89. The van der Waals surface area contributed by atoms with Crippen LogP contribution in [0.2, 0.25) is 0 Å². The summed E-state index contributed by atoms with van der Waals surface area (Å²) in [5.41, 5.74) is 0.967. The largest absolute Gasteiger partial charge is 0.454 e. The Morgan fingerprint density at radius 3 is 2.52 bits per heavy atom. The summed E-state index contributed by atoms with van der Waals surface area (Å²) in [4.78, 5) is 24.8. The third-order valence-corrected chi connectivity index (χ3v) is 3.76. The van der Waals surface area contributed by atoms with Crippen molar-refractivity contribution in [2.45, 2.75) is 25.6 Å². The normalized spacial score (nSPS) is 15.6. The van der Waals surface area contributed by atoms with Crippen molar-refractivity contribution in [1.82, 2.24) is 4.90 Å². The molecule has 1 aliphatic rings. The molecule has 0 radical (unpaired) electrons. The molecule has 6 heteroatoms. The predicted octanol–water partition coefficient (Wildman–Crippen LogP) is 3.29. The number of hydrogen-bond donors (Lipinski definition) is 0. The van der Waals surface area contributed by atoms with E-state index < -0.39 is 0 Å². The molecule has 1 heterocycles. The molecule has 0 spiro atoms. The maximum absolute atomic E-state index is 11.9. The summed E-state index contributed by atoms with van der Waals surface area (Å²) in [6.07, 6.45) is 2.61. The van der Waals surface area contributed by atoms with E-state index in [2.05, 4.69) is 0 Å². The molecule has 0 saturated carbocycles. The van der Waals surface area contributed by atoms with Gasteiger partial charge in [-0.25, -0.2) is 9.59 Å². The van der Waals surface area contributed by atoms with E-state index in [1.165, 1.54) is 0 Å². The van der Waals surface area contributed by atoms with Crippen molar-refractivity contribution in [3.05, 3.63) is 35.9 Å². The van der Waals surface area contributed by atoms with Crippen LogP contribution in [0.15, 0.2) is 30.3 Å². The molecule has 0 N–H and O–H groups in total. The summed E-state index contributed by atoms with van der Waals surface area (Å²) in [7, 11) is 0. The van der Waals surface area contributed by atoms with E-state index in [1.807, 2.05) is 30.3 Å². The van der Waals surface area contributed by atoms with Gasteiger partial charge < -0.3 is 14.4 Å². The molecule has 1 amide bonds. The second-order valence-electron chi connectivity index (χ2n) is 4.80. The van der Waals surface area contributed by atoms with Crippen molar-refractivity contribution in [1.29, 1.82) is 0 Å². The lowest BCUT2D eigenvalue weighted by Crippen LogP contribution is -2.41. The van der Waals surface area contributed by atoms with Gasteiger partial charge in [0.2, 0.25) is 0 Å². The fraction of sp³-hybridized carbons (Fsp3) is 0.467. The van der Waals surface area contributed by atoms with Crippen LogP contribution in [0.25, 0.3) is 0 Å². The van der Waals surface area contributed by atoms with Crippen molar-refractivity contribution in [2.24, 2.45) is 0 Å². The topological polar surface area (TPSA) is 55.8 Å². The van der Waals surface area contributed by atoms with Gasteiger partial charge in [0.15, 0.2) is 0 Å². The van der Waals surface area contributed by atoms with Crippen LogP contribution in [0.3, 0.4) is 0 Å². The molecule has 1 aliphatic heterocycles. The number of hydrogen-bond acceptors (Lipinski definition) is 5.